The number of para-hydroxylation sites is 1. The molecule has 1 fully saturated rings. The van der Waals surface area contributed by atoms with E-state index in [1.165, 1.54) is 23.8 Å². The lowest BCUT2D eigenvalue weighted by Crippen LogP contribution is -2.37. The molecule has 3 N–H and O–H groups in total. The van der Waals surface area contributed by atoms with E-state index in [9.17, 15) is 0 Å². The molecule has 1 aliphatic heterocycles. The quantitative estimate of drug-likeness (QED) is 0.671. The van der Waals surface area contributed by atoms with Crippen molar-refractivity contribution in [1.82, 2.24) is 9.88 Å². The second kappa shape index (κ2) is 5.62. The molecule has 2 heterocycles. The monoisotopic (exact) mass is 284 g/mol. The lowest BCUT2D eigenvalue weighted by Gasteiger charge is -2.37. The fraction of sp³-hybridized carbons (Fsp3) is 0.471. The van der Waals surface area contributed by atoms with Gasteiger partial charge in [-0.1, -0.05) is 32.0 Å². The van der Waals surface area contributed by atoms with Gasteiger partial charge in [0.25, 0.3) is 0 Å². The number of nitrogens with one attached hydrogen (secondary N) is 1. The van der Waals surface area contributed by atoms with Crippen molar-refractivity contribution in [3.8, 4) is 0 Å². The molecule has 0 amide bonds. The van der Waals surface area contributed by atoms with Crippen LogP contribution >= 0.6 is 0 Å². The molecule has 1 saturated heterocycles. The molecular weight excluding hydrogens is 260 g/mol. The topological polar surface area (TPSA) is 54.2 Å². The Morgan fingerprint density at radius 1 is 1.24 bits per heavy atom. The normalized spacial score (nSPS) is 18.8. The summed E-state index contributed by atoms with van der Waals surface area (Å²) in [7, 11) is 0. The Balaban J connectivity index is 1.83. The third-order valence-corrected chi connectivity index (χ3v) is 4.54. The van der Waals surface area contributed by atoms with Gasteiger partial charge < -0.3 is 5.43 Å². The number of likely N-dealkylation sites (tertiary alicyclic amines) is 1. The van der Waals surface area contributed by atoms with Crippen molar-refractivity contribution < 1.29 is 0 Å². The van der Waals surface area contributed by atoms with Gasteiger partial charge in [0.2, 0.25) is 0 Å². The number of piperidine rings is 1. The lowest BCUT2D eigenvalue weighted by molar-refractivity contribution is 0.127. The van der Waals surface area contributed by atoms with Gasteiger partial charge in [-0.3, -0.25) is 4.90 Å². The Kier molecular flexibility index (Phi) is 3.83. The van der Waals surface area contributed by atoms with Crippen LogP contribution in [0.4, 0.5) is 5.82 Å². The molecule has 4 nitrogen and oxygen atoms in total. The van der Waals surface area contributed by atoms with Crippen LogP contribution in [0.3, 0.4) is 0 Å². The average molecular weight is 284 g/mol. The zero-order valence-corrected chi connectivity index (χ0v) is 12.9. The van der Waals surface area contributed by atoms with Gasteiger partial charge in [0.1, 0.15) is 5.82 Å². The van der Waals surface area contributed by atoms with E-state index < -0.39 is 0 Å². The average Bonchev–Trinajstić information content (AvgIpc) is 2.48. The van der Waals surface area contributed by atoms with Crippen LogP contribution in [0, 0.1) is 5.41 Å². The molecule has 1 aromatic carbocycles. The van der Waals surface area contributed by atoms with Crippen molar-refractivity contribution in [3.63, 3.8) is 0 Å². The van der Waals surface area contributed by atoms with Crippen molar-refractivity contribution in [2.24, 2.45) is 11.3 Å². The number of anilines is 1. The van der Waals surface area contributed by atoms with E-state index in [0.717, 1.165) is 31.0 Å². The molecule has 0 spiro atoms. The molecule has 0 saturated carbocycles. The summed E-state index contributed by atoms with van der Waals surface area (Å²) in [6.07, 6.45) is 2.50. The van der Waals surface area contributed by atoms with Crippen LogP contribution in [-0.2, 0) is 6.54 Å². The number of hydrogen-bond acceptors (Lipinski definition) is 4. The highest BCUT2D eigenvalue weighted by molar-refractivity contribution is 5.81. The number of nitrogen functional groups attached to an aromatic ring is 1. The van der Waals surface area contributed by atoms with E-state index in [1.54, 1.807) is 0 Å². The maximum atomic E-state index is 5.66. The van der Waals surface area contributed by atoms with Crippen LogP contribution in [0.25, 0.3) is 10.9 Å². The van der Waals surface area contributed by atoms with Gasteiger partial charge in [-0.25, -0.2) is 10.8 Å². The highest BCUT2D eigenvalue weighted by Crippen LogP contribution is 2.31. The Labute approximate surface area is 126 Å². The summed E-state index contributed by atoms with van der Waals surface area (Å²) in [5.74, 6) is 6.45. The van der Waals surface area contributed by atoms with E-state index in [0.29, 0.717) is 5.41 Å². The Hall–Kier alpha value is -1.65. The summed E-state index contributed by atoms with van der Waals surface area (Å²) < 4.78 is 0. The smallest absolute Gasteiger partial charge is 0.145 e. The zero-order chi connectivity index (χ0) is 14.9. The molecule has 0 bridgehead atoms. The molecule has 0 radical (unpaired) electrons. The standard InChI is InChI=1S/C17H24N4/c1-17(2)7-9-21(10-8-17)12-14-11-13-5-3-4-6-15(13)19-16(14)20-18/h3-6,11H,7-10,12,18H2,1-2H3,(H,19,20). The number of hydrazine groups is 1. The minimum absolute atomic E-state index is 0.479. The predicted octanol–water partition coefficient (Wildman–Crippen LogP) is 3.14. The van der Waals surface area contributed by atoms with Crippen LogP contribution < -0.4 is 11.3 Å². The first-order valence-electron chi connectivity index (χ1n) is 7.65. The number of nitrogens with two attached hydrogens (primary N) is 1. The van der Waals surface area contributed by atoms with Gasteiger partial charge in [-0.15, -0.1) is 0 Å². The van der Waals surface area contributed by atoms with Gasteiger partial charge in [-0.2, -0.15) is 0 Å². The molecule has 0 unspecified atom stereocenters. The first-order chi connectivity index (χ1) is 10.1. The van der Waals surface area contributed by atoms with E-state index >= 15 is 0 Å². The molecule has 21 heavy (non-hydrogen) atoms. The molecule has 2 aromatic rings. The molecule has 4 heteroatoms. The summed E-state index contributed by atoms with van der Waals surface area (Å²) in [5, 5.41) is 1.17. The highest BCUT2D eigenvalue weighted by atomic mass is 15.3. The van der Waals surface area contributed by atoms with E-state index in [2.05, 4.69) is 41.3 Å². The summed E-state index contributed by atoms with van der Waals surface area (Å²) in [5.41, 5.74) is 5.39. The third-order valence-electron chi connectivity index (χ3n) is 4.54. The molecule has 112 valence electrons. The summed E-state index contributed by atoms with van der Waals surface area (Å²) in [6.45, 7) is 7.91. The van der Waals surface area contributed by atoms with Crippen molar-refractivity contribution in [3.05, 3.63) is 35.9 Å². The first kappa shape index (κ1) is 14.3. The van der Waals surface area contributed by atoms with E-state index in [1.807, 2.05) is 18.2 Å². The number of pyridine rings is 1. The van der Waals surface area contributed by atoms with Gasteiger partial charge in [-0.05, 0) is 43.5 Å². The second-order valence-corrected chi connectivity index (χ2v) is 6.77. The highest BCUT2D eigenvalue weighted by Gasteiger charge is 2.25. The van der Waals surface area contributed by atoms with Crippen LogP contribution in [-0.4, -0.2) is 23.0 Å². The number of benzene rings is 1. The van der Waals surface area contributed by atoms with Crippen molar-refractivity contribution >= 4 is 16.7 Å². The maximum Gasteiger partial charge on any atom is 0.145 e. The largest absolute Gasteiger partial charge is 0.308 e. The van der Waals surface area contributed by atoms with Crippen molar-refractivity contribution in [2.45, 2.75) is 33.2 Å². The van der Waals surface area contributed by atoms with Crippen LogP contribution in [0.1, 0.15) is 32.3 Å². The first-order valence-corrected chi connectivity index (χ1v) is 7.65. The zero-order valence-electron chi connectivity index (χ0n) is 12.9. The van der Waals surface area contributed by atoms with Gasteiger partial charge in [0.15, 0.2) is 0 Å². The number of rotatable bonds is 3. The molecule has 1 aromatic heterocycles. The van der Waals surface area contributed by atoms with Crippen LogP contribution in [0.15, 0.2) is 30.3 Å². The number of hydrogen-bond donors (Lipinski definition) is 2. The van der Waals surface area contributed by atoms with E-state index in [-0.39, 0.29) is 0 Å². The molecular formula is C17H24N4. The van der Waals surface area contributed by atoms with Gasteiger partial charge in [0.05, 0.1) is 5.52 Å². The number of nitrogens with zero attached hydrogens (tertiary/aromatic N) is 2. The summed E-state index contributed by atoms with van der Waals surface area (Å²) >= 11 is 0. The van der Waals surface area contributed by atoms with Gasteiger partial charge >= 0.3 is 0 Å². The van der Waals surface area contributed by atoms with Crippen molar-refractivity contribution in [2.75, 3.05) is 18.5 Å². The minimum Gasteiger partial charge on any atom is -0.308 e. The third kappa shape index (κ3) is 3.17. The fourth-order valence-corrected chi connectivity index (χ4v) is 2.96. The van der Waals surface area contributed by atoms with Crippen LogP contribution in [0.5, 0.6) is 0 Å². The second-order valence-electron chi connectivity index (χ2n) is 6.77. The van der Waals surface area contributed by atoms with Gasteiger partial charge in [0, 0.05) is 17.5 Å². The van der Waals surface area contributed by atoms with E-state index in [4.69, 9.17) is 5.84 Å². The summed E-state index contributed by atoms with van der Waals surface area (Å²) in [4.78, 5) is 7.12. The SMILES string of the molecule is CC1(C)CCN(Cc2cc3ccccc3nc2NN)CC1. The minimum atomic E-state index is 0.479. The Morgan fingerprint density at radius 2 is 1.95 bits per heavy atom. The molecule has 1 aliphatic rings. The lowest BCUT2D eigenvalue weighted by atomic mass is 9.82. The number of aromatic nitrogens is 1. The Morgan fingerprint density at radius 3 is 2.67 bits per heavy atom. The fourth-order valence-electron chi connectivity index (χ4n) is 2.96. The predicted molar refractivity (Wildman–Crippen MR) is 87.8 cm³/mol. The Bertz CT molecular complexity index is 626. The molecule has 3 rings (SSSR count). The molecule has 0 aliphatic carbocycles. The summed E-state index contributed by atoms with van der Waals surface area (Å²) in [6, 6.07) is 10.4. The maximum absolute atomic E-state index is 5.66. The van der Waals surface area contributed by atoms with Crippen molar-refractivity contribution in [1.29, 1.82) is 0 Å². The van der Waals surface area contributed by atoms with Crippen LogP contribution in [0.2, 0.25) is 0 Å². The molecule has 0 atom stereocenters. The number of fused-ring (bicyclic) bond motifs is 1.